The average molecular weight is 300 g/mol. The highest BCUT2D eigenvalue weighted by Crippen LogP contribution is 2.16. The Bertz CT molecular complexity index is 604. The number of rotatable bonds is 7. The highest BCUT2D eigenvalue weighted by atomic mass is 16.3. The number of hydrogen-bond donors (Lipinski definition) is 2. The summed E-state index contributed by atoms with van der Waals surface area (Å²) in [5.41, 5.74) is 1.94. The predicted octanol–water partition coefficient (Wildman–Crippen LogP) is 0.764. The van der Waals surface area contributed by atoms with E-state index in [0.29, 0.717) is 6.54 Å². The van der Waals surface area contributed by atoms with E-state index in [0.717, 1.165) is 30.0 Å². The van der Waals surface area contributed by atoms with Crippen LogP contribution >= 0.6 is 0 Å². The SMILES string of the molecule is CN(CCc1ccccn1)c1ncccc1CNC(=O)CO. The van der Waals surface area contributed by atoms with Crippen LogP contribution in [0.1, 0.15) is 11.3 Å². The van der Waals surface area contributed by atoms with Crippen molar-refractivity contribution in [3.63, 3.8) is 0 Å². The quantitative estimate of drug-likeness (QED) is 0.789. The summed E-state index contributed by atoms with van der Waals surface area (Å²) < 4.78 is 0. The van der Waals surface area contributed by atoms with Gasteiger partial charge < -0.3 is 15.3 Å². The van der Waals surface area contributed by atoms with E-state index in [1.165, 1.54) is 0 Å². The molecule has 0 unspecified atom stereocenters. The van der Waals surface area contributed by atoms with Crippen LogP contribution in [0.4, 0.5) is 5.82 Å². The van der Waals surface area contributed by atoms with Gasteiger partial charge >= 0.3 is 0 Å². The van der Waals surface area contributed by atoms with Gasteiger partial charge in [-0.05, 0) is 18.2 Å². The molecule has 6 nitrogen and oxygen atoms in total. The minimum Gasteiger partial charge on any atom is -0.387 e. The van der Waals surface area contributed by atoms with Gasteiger partial charge in [0.1, 0.15) is 12.4 Å². The molecule has 0 fully saturated rings. The van der Waals surface area contributed by atoms with Gasteiger partial charge in [0, 0.05) is 50.2 Å². The third-order valence-electron chi connectivity index (χ3n) is 3.28. The molecule has 116 valence electrons. The number of carbonyl (C=O) groups excluding carboxylic acids is 1. The zero-order valence-corrected chi connectivity index (χ0v) is 12.6. The molecule has 0 spiro atoms. The first-order valence-corrected chi connectivity index (χ1v) is 7.13. The maximum absolute atomic E-state index is 11.2. The second-order valence-corrected chi connectivity index (χ2v) is 4.91. The van der Waals surface area contributed by atoms with E-state index in [1.54, 1.807) is 12.4 Å². The highest BCUT2D eigenvalue weighted by Gasteiger charge is 2.10. The van der Waals surface area contributed by atoms with Crippen molar-refractivity contribution >= 4 is 11.7 Å². The van der Waals surface area contributed by atoms with Gasteiger partial charge in [0.25, 0.3) is 0 Å². The lowest BCUT2D eigenvalue weighted by atomic mass is 10.2. The molecule has 0 saturated carbocycles. The lowest BCUT2D eigenvalue weighted by molar-refractivity contribution is -0.123. The van der Waals surface area contributed by atoms with Crippen molar-refractivity contribution in [3.05, 3.63) is 54.0 Å². The maximum Gasteiger partial charge on any atom is 0.245 e. The van der Waals surface area contributed by atoms with Crippen molar-refractivity contribution in [2.75, 3.05) is 25.1 Å². The minimum absolute atomic E-state index is 0.344. The van der Waals surface area contributed by atoms with E-state index in [2.05, 4.69) is 15.3 Å². The molecule has 0 atom stereocenters. The molecular weight excluding hydrogens is 280 g/mol. The fourth-order valence-electron chi connectivity index (χ4n) is 2.10. The van der Waals surface area contributed by atoms with E-state index >= 15 is 0 Å². The van der Waals surface area contributed by atoms with Gasteiger partial charge in [-0.15, -0.1) is 0 Å². The molecule has 0 aliphatic rings. The van der Waals surface area contributed by atoms with Crippen LogP contribution in [0.15, 0.2) is 42.7 Å². The number of pyridine rings is 2. The van der Waals surface area contributed by atoms with E-state index < -0.39 is 12.5 Å². The van der Waals surface area contributed by atoms with Crippen LogP contribution in [0.2, 0.25) is 0 Å². The van der Waals surface area contributed by atoms with Gasteiger partial charge in [0.15, 0.2) is 0 Å². The topological polar surface area (TPSA) is 78.4 Å². The summed E-state index contributed by atoms with van der Waals surface area (Å²) in [7, 11) is 1.96. The Hall–Kier alpha value is -2.47. The molecule has 22 heavy (non-hydrogen) atoms. The third-order valence-corrected chi connectivity index (χ3v) is 3.28. The fraction of sp³-hybridized carbons (Fsp3) is 0.312. The molecule has 2 aromatic heterocycles. The Kier molecular flexibility index (Phi) is 5.85. The Morgan fingerprint density at radius 2 is 2.05 bits per heavy atom. The summed E-state index contributed by atoms with van der Waals surface area (Å²) in [5, 5.41) is 11.4. The summed E-state index contributed by atoms with van der Waals surface area (Å²) in [6.45, 7) is 0.608. The van der Waals surface area contributed by atoms with E-state index in [9.17, 15) is 4.79 Å². The molecule has 1 amide bonds. The van der Waals surface area contributed by atoms with Crippen molar-refractivity contribution in [2.24, 2.45) is 0 Å². The Balaban J connectivity index is 1.99. The van der Waals surface area contributed by atoms with Gasteiger partial charge in [-0.25, -0.2) is 4.98 Å². The number of aliphatic hydroxyl groups is 1. The summed E-state index contributed by atoms with van der Waals surface area (Å²) in [4.78, 5) is 21.9. The molecule has 0 aromatic carbocycles. The number of nitrogens with zero attached hydrogens (tertiary/aromatic N) is 3. The molecule has 0 bridgehead atoms. The zero-order chi connectivity index (χ0) is 15.8. The Labute approximate surface area is 129 Å². The number of nitrogens with one attached hydrogen (secondary N) is 1. The monoisotopic (exact) mass is 300 g/mol. The molecule has 6 heteroatoms. The number of likely N-dealkylation sites (N-methyl/N-ethyl adjacent to an activating group) is 1. The third kappa shape index (κ3) is 4.53. The second kappa shape index (κ2) is 8.09. The lowest BCUT2D eigenvalue weighted by Gasteiger charge is -2.21. The Morgan fingerprint density at radius 3 is 2.77 bits per heavy atom. The van der Waals surface area contributed by atoms with Crippen LogP contribution in [-0.2, 0) is 17.8 Å². The molecule has 0 aliphatic heterocycles. The number of hydrogen-bond acceptors (Lipinski definition) is 5. The van der Waals surface area contributed by atoms with Crippen LogP contribution in [0.5, 0.6) is 0 Å². The maximum atomic E-state index is 11.2. The molecule has 0 radical (unpaired) electrons. The van der Waals surface area contributed by atoms with Crippen LogP contribution in [-0.4, -0.2) is 41.2 Å². The number of aliphatic hydroxyl groups excluding tert-OH is 1. The first kappa shape index (κ1) is 15.9. The number of aromatic nitrogens is 2. The summed E-state index contributed by atoms with van der Waals surface area (Å²) >= 11 is 0. The number of carbonyl (C=O) groups is 1. The average Bonchev–Trinajstić information content (AvgIpc) is 2.58. The van der Waals surface area contributed by atoms with Crippen molar-refractivity contribution in [3.8, 4) is 0 Å². The molecule has 2 N–H and O–H groups in total. The zero-order valence-electron chi connectivity index (χ0n) is 12.6. The van der Waals surface area contributed by atoms with Crippen molar-refractivity contribution in [1.29, 1.82) is 0 Å². The first-order chi connectivity index (χ1) is 10.7. The summed E-state index contributed by atoms with van der Waals surface area (Å²) in [6, 6.07) is 9.61. The first-order valence-electron chi connectivity index (χ1n) is 7.13. The van der Waals surface area contributed by atoms with Crippen molar-refractivity contribution in [2.45, 2.75) is 13.0 Å². The minimum atomic E-state index is -0.509. The fourth-order valence-corrected chi connectivity index (χ4v) is 2.10. The normalized spacial score (nSPS) is 10.3. The predicted molar refractivity (Wildman–Crippen MR) is 84.4 cm³/mol. The van der Waals surface area contributed by atoms with Gasteiger partial charge in [-0.2, -0.15) is 0 Å². The lowest BCUT2D eigenvalue weighted by Crippen LogP contribution is -2.28. The number of anilines is 1. The van der Waals surface area contributed by atoms with Crippen molar-refractivity contribution < 1.29 is 9.90 Å². The largest absolute Gasteiger partial charge is 0.387 e. The second-order valence-electron chi connectivity index (χ2n) is 4.91. The molecule has 2 rings (SSSR count). The molecule has 2 heterocycles. The van der Waals surface area contributed by atoms with Crippen LogP contribution < -0.4 is 10.2 Å². The van der Waals surface area contributed by atoms with Crippen LogP contribution in [0.25, 0.3) is 0 Å². The van der Waals surface area contributed by atoms with Gasteiger partial charge in [0.05, 0.1) is 0 Å². The number of amides is 1. The molecular formula is C16H20N4O2. The smallest absolute Gasteiger partial charge is 0.245 e. The highest BCUT2D eigenvalue weighted by molar-refractivity contribution is 5.77. The Morgan fingerprint density at radius 1 is 1.23 bits per heavy atom. The van der Waals surface area contributed by atoms with E-state index in [4.69, 9.17) is 5.11 Å². The van der Waals surface area contributed by atoms with E-state index in [-0.39, 0.29) is 0 Å². The molecule has 0 saturated heterocycles. The van der Waals surface area contributed by atoms with Gasteiger partial charge in [-0.1, -0.05) is 12.1 Å². The van der Waals surface area contributed by atoms with Crippen LogP contribution in [0.3, 0.4) is 0 Å². The molecule has 0 aliphatic carbocycles. The van der Waals surface area contributed by atoms with Gasteiger partial charge in [-0.3, -0.25) is 9.78 Å². The van der Waals surface area contributed by atoms with Gasteiger partial charge in [0.2, 0.25) is 5.91 Å². The van der Waals surface area contributed by atoms with E-state index in [1.807, 2.05) is 42.3 Å². The summed E-state index contributed by atoms with van der Waals surface area (Å²) in [6.07, 6.45) is 4.33. The standard InChI is InChI=1S/C16H20N4O2/c1-20(10-7-14-6-2-3-8-17-14)16-13(5-4-9-18-16)11-19-15(22)12-21/h2-6,8-9,21H,7,10-12H2,1H3,(H,19,22). The summed E-state index contributed by atoms with van der Waals surface area (Å²) in [5.74, 6) is 0.419. The molecule has 2 aromatic rings. The van der Waals surface area contributed by atoms with Crippen LogP contribution in [0, 0.1) is 0 Å². The van der Waals surface area contributed by atoms with Crippen molar-refractivity contribution in [1.82, 2.24) is 15.3 Å².